The van der Waals surface area contributed by atoms with Crippen molar-refractivity contribution in [2.45, 2.75) is 64.8 Å². The summed E-state index contributed by atoms with van der Waals surface area (Å²) in [5.74, 6) is 0.130. The second-order valence-electron chi connectivity index (χ2n) is 5.84. The summed E-state index contributed by atoms with van der Waals surface area (Å²) in [5, 5.41) is 3.02. The molecule has 4 heteroatoms. The number of nitrogens with one attached hydrogen (secondary N) is 1. The van der Waals surface area contributed by atoms with E-state index >= 15 is 0 Å². The zero-order valence-corrected chi connectivity index (χ0v) is 12.2. The number of nitrogens with two attached hydrogens (primary N) is 1. The maximum absolute atomic E-state index is 11.9. The van der Waals surface area contributed by atoms with E-state index in [1.54, 1.807) is 0 Å². The molecule has 0 bridgehead atoms. The van der Waals surface area contributed by atoms with Gasteiger partial charge in [0.05, 0.1) is 0 Å². The van der Waals surface area contributed by atoms with Gasteiger partial charge in [-0.2, -0.15) is 0 Å². The van der Waals surface area contributed by atoms with Gasteiger partial charge >= 0.3 is 0 Å². The first-order valence-corrected chi connectivity index (χ1v) is 6.47. The van der Waals surface area contributed by atoms with Crippen LogP contribution in [0.3, 0.4) is 0 Å². The predicted molar refractivity (Wildman–Crippen MR) is 74.3 cm³/mol. The molecule has 0 atom stereocenters. The fourth-order valence-electron chi connectivity index (χ4n) is 2.09. The fraction of sp³-hybridized carbons (Fsp3) is 0.923. The lowest BCUT2D eigenvalue weighted by atomic mass is 9.82. The Morgan fingerprint density at radius 2 is 1.82 bits per heavy atom. The lowest BCUT2D eigenvalue weighted by Gasteiger charge is -2.34. The highest BCUT2D eigenvalue weighted by Gasteiger charge is 2.31. The van der Waals surface area contributed by atoms with Gasteiger partial charge < -0.3 is 11.1 Å². The molecule has 0 saturated heterocycles. The number of amides is 1. The van der Waals surface area contributed by atoms with Crippen LogP contribution < -0.4 is 11.1 Å². The van der Waals surface area contributed by atoms with Gasteiger partial charge in [-0.1, -0.05) is 40.0 Å². The largest absolute Gasteiger partial charge is 0.354 e. The van der Waals surface area contributed by atoms with Crippen molar-refractivity contribution < 1.29 is 4.79 Å². The van der Waals surface area contributed by atoms with Gasteiger partial charge in [-0.3, -0.25) is 4.79 Å². The first kappa shape index (κ1) is 16.7. The third-order valence-corrected chi connectivity index (χ3v) is 3.95. The molecule has 3 N–H and O–H groups in total. The van der Waals surface area contributed by atoms with E-state index in [1.807, 2.05) is 20.8 Å². The molecular weight excluding hydrogens is 236 g/mol. The molecular formula is C13H27ClN2O. The molecule has 3 nitrogen and oxygen atoms in total. The van der Waals surface area contributed by atoms with Gasteiger partial charge in [0.15, 0.2) is 0 Å². The molecule has 0 radical (unpaired) electrons. The number of hydrogen-bond donors (Lipinski definition) is 2. The summed E-state index contributed by atoms with van der Waals surface area (Å²) in [6.07, 6.45) is 6.62. The molecule has 1 aliphatic rings. The van der Waals surface area contributed by atoms with Gasteiger partial charge in [0.25, 0.3) is 0 Å². The van der Waals surface area contributed by atoms with Crippen LogP contribution in [0.1, 0.15) is 59.3 Å². The van der Waals surface area contributed by atoms with Crippen LogP contribution in [0.2, 0.25) is 0 Å². The molecule has 1 saturated carbocycles. The minimum absolute atomic E-state index is 0. The summed E-state index contributed by atoms with van der Waals surface area (Å²) in [6, 6.07) is 0. The third-order valence-electron chi connectivity index (χ3n) is 3.95. The van der Waals surface area contributed by atoms with Crippen molar-refractivity contribution in [3.05, 3.63) is 0 Å². The predicted octanol–water partition coefficient (Wildman–Crippen LogP) is 2.62. The van der Waals surface area contributed by atoms with Crippen LogP contribution in [0.25, 0.3) is 0 Å². The van der Waals surface area contributed by atoms with Crippen molar-refractivity contribution in [1.82, 2.24) is 5.32 Å². The summed E-state index contributed by atoms with van der Waals surface area (Å²) in [7, 11) is 0. The van der Waals surface area contributed by atoms with E-state index in [-0.39, 0.29) is 29.3 Å². The molecule has 0 spiro atoms. The molecule has 0 unspecified atom stereocenters. The van der Waals surface area contributed by atoms with Crippen LogP contribution in [-0.2, 0) is 4.79 Å². The molecule has 102 valence electrons. The average Bonchev–Trinajstić information content (AvgIpc) is 2.27. The Labute approximate surface area is 111 Å². The van der Waals surface area contributed by atoms with Crippen molar-refractivity contribution in [2.24, 2.45) is 11.1 Å². The first-order chi connectivity index (χ1) is 7.40. The minimum Gasteiger partial charge on any atom is -0.354 e. The average molecular weight is 263 g/mol. The quantitative estimate of drug-likeness (QED) is 0.818. The van der Waals surface area contributed by atoms with E-state index in [0.717, 1.165) is 19.3 Å². The lowest BCUT2D eigenvalue weighted by molar-refractivity contribution is -0.129. The van der Waals surface area contributed by atoms with Gasteiger partial charge in [0.1, 0.15) is 0 Å². The van der Waals surface area contributed by atoms with Gasteiger partial charge in [-0.25, -0.2) is 0 Å². The Kier molecular flexibility index (Phi) is 6.49. The molecule has 1 rings (SSSR count). The Hall–Kier alpha value is -0.280. The Morgan fingerprint density at radius 1 is 1.29 bits per heavy atom. The number of carbonyl (C=O) groups is 1. The highest BCUT2D eigenvalue weighted by Crippen LogP contribution is 2.26. The van der Waals surface area contributed by atoms with Gasteiger partial charge in [-0.15, -0.1) is 12.4 Å². The molecule has 0 aromatic rings. The summed E-state index contributed by atoms with van der Waals surface area (Å²) >= 11 is 0. The van der Waals surface area contributed by atoms with Gasteiger partial charge in [0, 0.05) is 17.5 Å². The zero-order chi connectivity index (χ0) is 12.2. The molecule has 0 aliphatic heterocycles. The molecule has 1 fully saturated rings. The fourth-order valence-corrected chi connectivity index (χ4v) is 2.09. The standard InChI is InChI=1S/C13H26N2O.ClH/c1-4-12(2,3)11(16)15-10-13(14)8-6-5-7-9-13;/h4-10,14H2,1-3H3,(H,15,16);1H. The van der Waals surface area contributed by atoms with Crippen LogP contribution in [0.4, 0.5) is 0 Å². The maximum atomic E-state index is 11.9. The Balaban J connectivity index is 0.00000256. The summed E-state index contributed by atoms with van der Waals surface area (Å²) < 4.78 is 0. The monoisotopic (exact) mass is 262 g/mol. The van der Waals surface area contributed by atoms with Crippen LogP contribution in [0.5, 0.6) is 0 Å². The second kappa shape index (κ2) is 6.60. The lowest BCUT2D eigenvalue weighted by Crippen LogP contribution is -2.53. The van der Waals surface area contributed by atoms with E-state index in [9.17, 15) is 4.79 Å². The van der Waals surface area contributed by atoms with Crippen molar-refractivity contribution in [3.63, 3.8) is 0 Å². The van der Waals surface area contributed by atoms with Gasteiger partial charge in [-0.05, 0) is 19.3 Å². The van der Waals surface area contributed by atoms with Crippen molar-refractivity contribution in [2.75, 3.05) is 6.54 Å². The minimum atomic E-state index is -0.273. The molecule has 0 aromatic heterocycles. The Morgan fingerprint density at radius 3 is 2.29 bits per heavy atom. The van der Waals surface area contributed by atoms with Crippen LogP contribution in [-0.4, -0.2) is 18.0 Å². The first-order valence-electron chi connectivity index (χ1n) is 6.47. The second-order valence-corrected chi connectivity index (χ2v) is 5.84. The summed E-state index contributed by atoms with van der Waals surface area (Å²) in [4.78, 5) is 11.9. The zero-order valence-electron chi connectivity index (χ0n) is 11.3. The van der Waals surface area contributed by atoms with E-state index in [0.29, 0.717) is 6.54 Å². The van der Waals surface area contributed by atoms with Gasteiger partial charge in [0.2, 0.25) is 5.91 Å². The third kappa shape index (κ3) is 4.84. The number of hydrogen-bond acceptors (Lipinski definition) is 2. The van der Waals surface area contributed by atoms with Crippen LogP contribution in [0, 0.1) is 5.41 Å². The Bertz CT molecular complexity index is 248. The smallest absolute Gasteiger partial charge is 0.225 e. The highest BCUT2D eigenvalue weighted by molar-refractivity contribution is 5.85. The summed E-state index contributed by atoms with van der Waals surface area (Å²) in [5.41, 5.74) is 5.85. The van der Waals surface area contributed by atoms with Crippen molar-refractivity contribution in [3.8, 4) is 0 Å². The normalized spacial score (nSPS) is 19.3. The topological polar surface area (TPSA) is 55.1 Å². The molecule has 1 amide bonds. The molecule has 1 aliphatic carbocycles. The van der Waals surface area contributed by atoms with Crippen LogP contribution in [0.15, 0.2) is 0 Å². The van der Waals surface area contributed by atoms with E-state index < -0.39 is 0 Å². The molecule has 0 heterocycles. The number of halogens is 1. The van der Waals surface area contributed by atoms with Crippen molar-refractivity contribution in [1.29, 1.82) is 0 Å². The molecule has 17 heavy (non-hydrogen) atoms. The highest BCUT2D eigenvalue weighted by atomic mass is 35.5. The van der Waals surface area contributed by atoms with Crippen molar-refractivity contribution >= 4 is 18.3 Å². The van der Waals surface area contributed by atoms with E-state index in [4.69, 9.17) is 5.73 Å². The number of rotatable bonds is 4. The number of carbonyl (C=O) groups excluding carboxylic acids is 1. The molecule has 0 aromatic carbocycles. The SMILES string of the molecule is CCC(C)(C)C(=O)NCC1(N)CCCCC1.Cl. The maximum Gasteiger partial charge on any atom is 0.225 e. The van der Waals surface area contributed by atoms with E-state index in [1.165, 1.54) is 19.3 Å². The summed E-state index contributed by atoms with van der Waals surface area (Å²) in [6.45, 7) is 6.63. The van der Waals surface area contributed by atoms with E-state index in [2.05, 4.69) is 5.32 Å². The van der Waals surface area contributed by atoms with Crippen LogP contribution >= 0.6 is 12.4 Å².